The van der Waals surface area contributed by atoms with Gasteiger partial charge in [-0.1, -0.05) is 0 Å². The number of methoxy groups -OCH3 is 1. The van der Waals surface area contributed by atoms with Crippen molar-refractivity contribution in [3.05, 3.63) is 64.1 Å². The summed E-state index contributed by atoms with van der Waals surface area (Å²) >= 11 is 0. The summed E-state index contributed by atoms with van der Waals surface area (Å²) in [6, 6.07) is 6.23. The number of likely N-dealkylation sites (N-methyl/N-ethyl adjacent to an activating group) is 1. The topological polar surface area (TPSA) is 215 Å². The number of ether oxygens (including phenoxy) is 1. The zero-order chi connectivity index (χ0) is 33.1. The van der Waals surface area contributed by atoms with Crippen molar-refractivity contribution in [1.82, 2.24) is 4.90 Å². The van der Waals surface area contributed by atoms with Crippen molar-refractivity contribution in [2.75, 3.05) is 50.8 Å². The quantitative estimate of drug-likeness (QED) is 0.182. The molecule has 2 aromatic rings. The minimum absolute atomic E-state index is 0.0380. The van der Waals surface area contributed by atoms with Gasteiger partial charge in [-0.05, 0) is 68.8 Å². The third kappa shape index (κ3) is 4.82. The van der Waals surface area contributed by atoms with Crippen LogP contribution in [0.2, 0.25) is 0 Å². The molecule has 238 valence electrons. The number of carbonyl (C=O) groups excluding carboxylic acids is 4. The second-order valence-electron chi connectivity index (χ2n) is 11.8. The molecule has 0 saturated heterocycles. The van der Waals surface area contributed by atoms with Gasteiger partial charge in [-0.2, -0.15) is 0 Å². The van der Waals surface area contributed by atoms with Crippen LogP contribution < -0.4 is 26.0 Å². The molecule has 3 aliphatic rings. The molecule has 14 nitrogen and oxygen atoms in total. The van der Waals surface area contributed by atoms with Gasteiger partial charge in [0.15, 0.2) is 17.1 Å². The number of nitrogens with one attached hydrogen (secondary N) is 2. The molecule has 45 heavy (non-hydrogen) atoms. The van der Waals surface area contributed by atoms with Gasteiger partial charge >= 0.3 is 6.03 Å². The van der Waals surface area contributed by atoms with E-state index in [1.807, 2.05) is 0 Å². The maximum Gasteiger partial charge on any atom is 0.323 e. The first-order valence-electron chi connectivity index (χ1n) is 14.1. The molecule has 0 bridgehead atoms. The summed E-state index contributed by atoms with van der Waals surface area (Å²) in [6.07, 6.45) is 0.0671. The minimum Gasteiger partial charge on any atom is -0.510 e. The highest BCUT2D eigenvalue weighted by Gasteiger charge is 2.63. The van der Waals surface area contributed by atoms with Gasteiger partial charge in [-0.3, -0.25) is 19.3 Å². The predicted molar refractivity (Wildman–Crippen MR) is 164 cm³/mol. The van der Waals surface area contributed by atoms with E-state index in [9.17, 15) is 39.6 Å². The number of anilines is 3. The van der Waals surface area contributed by atoms with Crippen LogP contribution in [0.15, 0.2) is 53.0 Å². The Kier molecular flexibility index (Phi) is 7.75. The van der Waals surface area contributed by atoms with Crippen LogP contribution in [0.5, 0.6) is 11.5 Å². The van der Waals surface area contributed by atoms with E-state index in [1.165, 1.54) is 18.1 Å². The monoisotopic (exact) mass is 621 g/mol. The van der Waals surface area contributed by atoms with Crippen molar-refractivity contribution in [2.45, 2.75) is 24.5 Å². The Balaban J connectivity index is 1.60. The molecule has 3 aliphatic carbocycles. The lowest BCUT2D eigenvalue weighted by atomic mass is 9.58. The summed E-state index contributed by atoms with van der Waals surface area (Å²) in [5, 5.41) is 50.8. The number of hydrogen-bond acceptors (Lipinski definition) is 11. The third-order valence-electron chi connectivity index (χ3n) is 8.78. The summed E-state index contributed by atoms with van der Waals surface area (Å²) in [4.78, 5) is 55.9. The molecule has 14 heteroatoms. The van der Waals surface area contributed by atoms with E-state index in [-0.39, 0.29) is 29.7 Å². The van der Waals surface area contributed by atoms with E-state index in [0.29, 0.717) is 22.7 Å². The van der Waals surface area contributed by atoms with E-state index < -0.39 is 69.8 Å². The maximum atomic E-state index is 14.1. The number of nitrogens with zero attached hydrogens (tertiary/aromatic N) is 2. The number of amides is 3. The molecule has 8 N–H and O–H groups in total. The number of aromatic hydroxyl groups is 1. The van der Waals surface area contributed by atoms with Crippen molar-refractivity contribution in [2.24, 2.45) is 17.6 Å². The predicted octanol–water partition coefficient (Wildman–Crippen LogP) is 1.84. The van der Waals surface area contributed by atoms with E-state index >= 15 is 0 Å². The lowest BCUT2D eigenvalue weighted by Crippen LogP contribution is -2.63. The summed E-state index contributed by atoms with van der Waals surface area (Å²) < 4.78 is 5.12. The second-order valence-corrected chi connectivity index (χ2v) is 11.8. The fraction of sp³-hybridized carbons (Fsp3) is 0.355. The normalized spacial score (nSPS) is 24.1. The fourth-order valence-electron chi connectivity index (χ4n) is 6.75. The largest absolute Gasteiger partial charge is 0.510 e. The van der Waals surface area contributed by atoms with Gasteiger partial charge in [0.05, 0.1) is 24.4 Å². The van der Waals surface area contributed by atoms with Crippen LogP contribution in [-0.2, 0) is 16.0 Å². The summed E-state index contributed by atoms with van der Waals surface area (Å²) in [5.41, 5.74) is 2.49. The Morgan fingerprint density at radius 3 is 2.24 bits per heavy atom. The minimum atomic E-state index is -2.75. The number of urea groups is 1. The zero-order valence-electron chi connectivity index (χ0n) is 25.3. The average Bonchev–Trinajstić information content (AvgIpc) is 2.96. The Bertz CT molecular complexity index is 1700. The highest BCUT2D eigenvalue weighted by atomic mass is 16.5. The molecule has 2 aromatic carbocycles. The van der Waals surface area contributed by atoms with Crippen molar-refractivity contribution in [1.29, 1.82) is 0 Å². The standard InChI is InChI=1S/C31H35N5O9/c1-35(2)19-12-18(34-30(43)33-14-6-8-15(45-5)9-7-14)24(37)21-16(19)10-13-11-17-23(36(3)4)26(39)22(29(32)42)28(41)31(17,44)27(40)20(13)25(21)38/h6-9,12-13,17,23,37,39-40,44H,10-11H2,1-5H3,(H2,32,42)(H2,33,34,43)/t13-,17+,23?,31+/m0/s1. The number of aliphatic hydroxyl groups is 3. The molecule has 0 aliphatic heterocycles. The van der Waals surface area contributed by atoms with Crippen molar-refractivity contribution < 1.29 is 44.3 Å². The van der Waals surface area contributed by atoms with Crippen LogP contribution in [0.3, 0.4) is 0 Å². The number of hydrogen-bond donors (Lipinski definition) is 7. The Morgan fingerprint density at radius 2 is 1.69 bits per heavy atom. The highest BCUT2D eigenvalue weighted by molar-refractivity contribution is 6.25. The van der Waals surface area contributed by atoms with Gasteiger partial charge in [0.25, 0.3) is 5.91 Å². The van der Waals surface area contributed by atoms with E-state index in [0.717, 1.165) is 0 Å². The molecule has 0 spiro atoms. The van der Waals surface area contributed by atoms with Crippen LogP contribution in [0.25, 0.3) is 0 Å². The second kappa shape index (κ2) is 11.1. The number of allylic oxidation sites excluding steroid dienone is 1. The number of carbonyl (C=O) groups is 4. The first-order valence-corrected chi connectivity index (χ1v) is 14.1. The molecule has 3 amide bonds. The average molecular weight is 622 g/mol. The number of nitrogens with two attached hydrogens (primary N) is 1. The molecule has 4 atom stereocenters. The van der Waals surface area contributed by atoms with Crippen LogP contribution in [0, 0.1) is 11.8 Å². The van der Waals surface area contributed by atoms with Crippen LogP contribution in [0.1, 0.15) is 22.3 Å². The number of primary amides is 1. The Labute approximate surface area is 258 Å². The van der Waals surface area contributed by atoms with E-state index in [1.54, 1.807) is 57.4 Å². The number of rotatable bonds is 6. The molecule has 0 radical (unpaired) electrons. The molecular weight excluding hydrogens is 586 g/mol. The number of aliphatic hydroxyl groups excluding tert-OH is 2. The molecule has 0 saturated carbocycles. The van der Waals surface area contributed by atoms with Gasteiger partial charge in [0.2, 0.25) is 5.78 Å². The Morgan fingerprint density at radius 1 is 1.04 bits per heavy atom. The third-order valence-corrected chi connectivity index (χ3v) is 8.78. The molecule has 1 unspecified atom stereocenters. The van der Waals surface area contributed by atoms with Crippen LogP contribution in [-0.4, -0.2) is 95.8 Å². The molecule has 0 heterocycles. The smallest absolute Gasteiger partial charge is 0.323 e. The molecule has 0 fully saturated rings. The maximum absolute atomic E-state index is 14.1. The van der Waals surface area contributed by atoms with Crippen LogP contribution >= 0.6 is 0 Å². The van der Waals surface area contributed by atoms with Gasteiger partial charge in [-0.25, -0.2) is 4.79 Å². The summed E-state index contributed by atoms with van der Waals surface area (Å²) in [5.74, 6) is -6.94. The highest BCUT2D eigenvalue weighted by Crippen LogP contribution is 2.54. The lowest BCUT2D eigenvalue weighted by Gasteiger charge is -2.50. The van der Waals surface area contributed by atoms with Crippen LogP contribution in [0.4, 0.5) is 21.9 Å². The number of fused-ring (bicyclic) bond motifs is 3. The molecular formula is C31H35N5O9. The number of ketones is 2. The van der Waals surface area contributed by atoms with Crippen molar-refractivity contribution in [3.63, 3.8) is 0 Å². The van der Waals surface area contributed by atoms with Gasteiger partial charge in [0.1, 0.15) is 22.8 Å². The SMILES string of the molecule is COc1ccc(NC(=O)Nc2cc(N(C)C)c3c(c2O)C(=O)C2=C(O)[C@@]4(O)C(=O)C(C(N)=O)=C(O)C(N(C)C)[C@H]4C[C@@H]2C3)cc1. The van der Waals surface area contributed by atoms with Gasteiger partial charge < -0.3 is 46.4 Å². The fourth-order valence-corrected chi connectivity index (χ4v) is 6.75. The van der Waals surface area contributed by atoms with Crippen molar-refractivity contribution in [3.8, 4) is 11.5 Å². The number of phenols is 1. The zero-order valence-corrected chi connectivity index (χ0v) is 25.3. The van der Waals surface area contributed by atoms with E-state index in [4.69, 9.17) is 10.5 Å². The summed E-state index contributed by atoms with van der Waals surface area (Å²) in [6.45, 7) is 0. The van der Waals surface area contributed by atoms with E-state index in [2.05, 4.69) is 10.6 Å². The number of benzene rings is 2. The first-order chi connectivity index (χ1) is 21.1. The van der Waals surface area contributed by atoms with Crippen molar-refractivity contribution >= 4 is 40.6 Å². The first kappa shape index (κ1) is 31.3. The van der Waals surface area contributed by atoms with Gasteiger partial charge in [-0.15, -0.1) is 0 Å². The number of phenolic OH excluding ortho intramolecular Hbond substituents is 1. The molecule has 0 aromatic heterocycles. The van der Waals surface area contributed by atoms with Gasteiger partial charge in [0, 0.05) is 37.0 Å². The molecule has 5 rings (SSSR count). The Hall–Kier alpha value is -5.08. The number of Topliss-reactive ketones (excluding diaryl/α,β-unsaturated/α-hetero) is 2. The summed E-state index contributed by atoms with van der Waals surface area (Å²) in [7, 11) is 8.08. The lowest BCUT2D eigenvalue weighted by molar-refractivity contribution is -0.148.